The van der Waals surface area contributed by atoms with Crippen molar-refractivity contribution in [1.29, 1.82) is 0 Å². The van der Waals surface area contributed by atoms with Crippen LogP contribution in [0.2, 0.25) is 0 Å². The Morgan fingerprint density at radius 1 is 0.591 bits per heavy atom. The third-order valence-electron chi connectivity index (χ3n) is 14.7. The number of nitrogens with one attached hydrogen (secondary N) is 2. The second-order valence-corrected chi connectivity index (χ2v) is 23.6. The van der Waals surface area contributed by atoms with E-state index in [-0.39, 0.29) is 22.3 Å². The van der Waals surface area contributed by atoms with Crippen LogP contribution in [-0.2, 0) is 24.5 Å². The molecule has 0 saturated heterocycles. The number of amides is 1. The molecule has 0 saturated carbocycles. The third kappa shape index (κ3) is 12.3. The molecule has 0 aromatic heterocycles. The Morgan fingerprint density at radius 3 is 1.74 bits per heavy atom. The van der Waals surface area contributed by atoms with Gasteiger partial charge in [-0.3, -0.25) is 4.79 Å². The zero-order valence-corrected chi connectivity index (χ0v) is 41.6. The van der Waals surface area contributed by atoms with Crippen molar-refractivity contribution < 1.29 is 31.8 Å². The van der Waals surface area contributed by atoms with Crippen LogP contribution in [0.5, 0.6) is 0 Å². The van der Waals surface area contributed by atoms with Gasteiger partial charge in [0.25, 0.3) is 0 Å². The average molecular weight is 941 g/mol. The van der Waals surface area contributed by atoms with Gasteiger partial charge in [-0.2, -0.15) is 0 Å². The SMILES string of the molecule is CCCC[C@]1(C)CS(=O)(=O)c2cc(NC(=O)CCCCCCCCCCCNc3ccc4c(c3)[C@@H](c3ccccc3)[C@@H](O)[C@](CC)(CCCC)CS4(=O)=O)ccc2[C@@H](c2ccccc2)[C@H]1O. The molecule has 0 fully saturated rings. The second-order valence-electron chi connectivity index (χ2n) is 19.7. The minimum atomic E-state index is -3.76. The molecule has 6 rings (SSSR count). The van der Waals surface area contributed by atoms with Crippen molar-refractivity contribution in [2.45, 2.75) is 171 Å². The number of anilines is 2. The molecule has 66 heavy (non-hydrogen) atoms. The van der Waals surface area contributed by atoms with Gasteiger partial charge in [-0.15, -0.1) is 0 Å². The highest BCUT2D eigenvalue weighted by Gasteiger charge is 2.49. The monoisotopic (exact) mass is 941 g/mol. The molecular formula is C55H76N2O7S2. The van der Waals surface area contributed by atoms with Crippen molar-refractivity contribution in [1.82, 2.24) is 0 Å². The maximum absolute atomic E-state index is 14.0. The van der Waals surface area contributed by atoms with Gasteiger partial charge >= 0.3 is 0 Å². The van der Waals surface area contributed by atoms with Crippen molar-refractivity contribution in [3.8, 4) is 0 Å². The molecule has 6 atom stereocenters. The lowest BCUT2D eigenvalue weighted by Gasteiger charge is -2.39. The zero-order chi connectivity index (χ0) is 47.4. The Morgan fingerprint density at radius 2 is 1.14 bits per heavy atom. The molecule has 4 N–H and O–H groups in total. The number of sulfone groups is 2. The summed E-state index contributed by atoms with van der Waals surface area (Å²) in [4.78, 5) is 13.6. The molecule has 9 nitrogen and oxygen atoms in total. The van der Waals surface area contributed by atoms with E-state index >= 15 is 0 Å². The summed E-state index contributed by atoms with van der Waals surface area (Å²) in [7, 11) is -7.39. The summed E-state index contributed by atoms with van der Waals surface area (Å²) in [6.07, 6.45) is 13.4. The molecule has 0 spiro atoms. The van der Waals surface area contributed by atoms with E-state index in [0.717, 1.165) is 107 Å². The smallest absolute Gasteiger partial charge is 0.224 e. The van der Waals surface area contributed by atoms with E-state index < -0.39 is 54.5 Å². The van der Waals surface area contributed by atoms with Crippen molar-refractivity contribution in [2.24, 2.45) is 10.8 Å². The third-order valence-corrected chi connectivity index (χ3v) is 18.7. The minimum Gasteiger partial charge on any atom is -0.392 e. The summed E-state index contributed by atoms with van der Waals surface area (Å²) in [5, 5.41) is 30.5. The van der Waals surface area contributed by atoms with Gasteiger partial charge < -0.3 is 20.8 Å². The number of fused-ring (bicyclic) bond motifs is 2. The Kier molecular flexibility index (Phi) is 18.1. The van der Waals surface area contributed by atoms with Crippen LogP contribution < -0.4 is 10.6 Å². The van der Waals surface area contributed by atoms with Crippen LogP contribution in [0.25, 0.3) is 0 Å². The molecule has 4 aromatic carbocycles. The molecule has 360 valence electrons. The predicted molar refractivity (Wildman–Crippen MR) is 269 cm³/mol. The van der Waals surface area contributed by atoms with Crippen molar-refractivity contribution >= 4 is 37.0 Å². The van der Waals surface area contributed by atoms with Gasteiger partial charge in [0.15, 0.2) is 19.7 Å². The number of aliphatic hydroxyl groups excluding tert-OH is 2. The van der Waals surface area contributed by atoms with Crippen LogP contribution in [0.1, 0.15) is 171 Å². The van der Waals surface area contributed by atoms with Gasteiger partial charge in [0, 0.05) is 47.0 Å². The molecule has 2 aliphatic heterocycles. The quantitative estimate of drug-likeness (QED) is 0.0537. The first kappa shape index (κ1) is 51.4. The minimum absolute atomic E-state index is 0.0465. The number of rotatable bonds is 23. The maximum atomic E-state index is 14.0. The zero-order valence-electron chi connectivity index (χ0n) is 39.9. The largest absolute Gasteiger partial charge is 0.392 e. The second kappa shape index (κ2) is 23.3. The molecule has 2 aliphatic rings. The lowest BCUT2D eigenvalue weighted by atomic mass is 9.69. The molecule has 11 heteroatoms. The first-order valence-electron chi connectivity index (χ1n) is 24.9. The van der Waals surface area contributed by atoms with E-state index in [4.69, 9.17) is 0 Å². The summed E-state index contributed by atoms with van der Waals surface area (Å²) >= 11 is 0. The topological polar surface area (TPSA) is 150 Å². The number of hydrogen-bond acceptors (Lipinski definition) is 8. The van der Waals surface area contributed by atoms with Gasteiger partial charge in [-0.05, 0) is 84.7 Å². The van der Waals surface area contributed by atoms with Crippen LogP contribution in [-0.4, -0.2) is 63.2 Å². The summed E-state index contributed by atoms with van der Waals surface area (Å²) < 4.78 is 55.9. The van der Waals surface area contributed by atoms with Crippen LogP contribution in [0.4, 0.5) is 11.4 Å². The maximum Gasteiger partial charge on any atom is 0.224 e. The first-order chi connectivity index (χ1) is 31.7. The van der Waals surface area contributed by atoms with E-state index in [1.807, 2.05) is 86.6 Å². The van der Waals surface area contributed by atoms with Gasteiger partial charge in [-0.1, -0.05) is 165 Å². The average Bonchev–Trinajstić information content (AvgIpc) is 3.42. The summed E-state index contributed by atoms with van der Waals surface area (Å²) in [5.41, 5.74) is 2.84. The molecule has 1 amide bonds. The summed E-state index contributed by atoms with van der Waals surface area (Å²) in [5.74, 6) is -1.28. The lowest BCUT2D eigenvalue weighted by Crippen LogP contribution is -2.42. The van der Waals surface area contributed by atoms with E-state index in [0.29, 0.717) is 47.4 Å². The highest BCUT2D eigenvalue weighted by atomic mass is 32.2. The summed E-state index contributed by atoms with van der Waals surface area (Å²) in [6.45, 7) is 8.86. The van der Waals surface area contributed by atoms with E-state index in [9.17, 15) is 31.8 Å². The molecule has 0 aliphatic carbocycles. The fourth-order valence-corrected chi connectivity index (χ4v) is 15.2. The first-order valence-corrected chi connectivity index (χ1v) is 28.2. The lowest BCUT2D eigenvalue weighted by molar-refractivity contribution is -0.116. The fourth-order valence-electron chi connectivity index (χ4n) is 10.7. The molecule has 0 radical (unpaired) electrons. The standard InChI is InChI=1S/C55H76N2O7S2/c1-5-8-34-54(4)39-65(61,62)48-38-44(30-32-45(48)50(52(54)59)41-25-19-17-20-26-41)57-49(58)29-23-15-13-11-10-12-14-16-24-36-56-43-31-33-47-46(37-43)51(42-27-21-18-22-28-42)53(60)55(7-3,35-9-6-2)40-66(47,63)64/h17-22,25-28,30-33,37-38,50-53,56,59-60H,5-16,23-24,29,34-36,39-40H2,1-4H3,(H,57,58)/t50-,51-,52-,53-,54-,55-/m1/s1. The van der Waals surface area contributed by atoms with Crippen LogP contribution >= 0.6 is 0 Å². The number of hydrogen-bond donors (Lipinski definition) is 4. The number of benzene rings is 4. The highest BCUT2D eigenvalue weighted by molar-refractivity contribution is 7.91. The van der Waals surface area contributed by atoms with Crippen LogP contribution in [0, 0.1) is 10.8 Å². The normalized spacial score (nSPS) is 24.3. The fraction of sp³-hybridized carbons (Fsp3) is 0.545. The Bertz CT molecular complexity index is 2410. The molecule has 4 aromatic rings. The highest BCUT2D eigenvalue weighted by Crippen LogP contribution is 2.50. The van der Waals surface area contributed by atoms with Gasteiger partial charge in [0.05, 0.1) is 33.5 Å². The molecule has 0 unspecified atom stereocenters. The molecule has 0 bridgehead atoms. The predicted octanol–water partition coefficient (Wildman–Crippen LogP) is 12.0. The van der Waals surface area contributed by atoms with Crippen molar-refractivity contribution in [2.75, 3.05) is 28.7 Å². The van der Waals surface area contributed by atoms with Crippen LogP contribution in [0.15, 0.2) is 107 Å². The Labute approximate surface area is 396 Å². The number of aliphatic hydroxyl groups is 2. The van der Waals surface area contributed by atoms with E-state index in [1.54, 1.807) is 24.3 Å². The number of unbranched alkanes of at least 4 members (excludes halogenated alkanes) is 10. The van der Waals surface area contributed by atoms with Gasteiger partial charge in [0.1, 0.15) is 0 Å². The van der Waals surface area contributed by atoms with Crippen molar-refractivity contribution in [3.63, 3.8) is 0 Å². The number of carbonyl (C=O) groups excluding carboxylic acids is 1. The Balaban J connectivity index is 0.931. The van der Waals surface area contributed by atoms with Gasteiger partial charge in [-0.25, -0.2) is 16.8 Å². The number of carbonyl (C=O) groups is 1. The van der Waals surface area contributed by atoms with E-state index in [2.05, 4.69) is 24.5 Å². The van der Waals surface area contributed by atoms with E-state index in [1.165, 1.54) is 0 Å². The van der Waals surface area contributed by atoms with Crippen LogP contribution in [0.3, 0.4) is 0 Å². The molecule has 2 heterocycles. The summed E-state index contributed by atoms with van der Waals surface area (Å²) in [6, 6.07) is 30.2. The van der Waals surface area contributed by atoms with Gasteiger partial charge in [0.2, 0.25) is 5.91 Å². The molecular weight excluding hydrogens is 865 g/mol. The Hall–Kier alpha value is -4.03. The van der Waals surface area contributed by atoms with Crippen molar-refractivity contribution in [3.05, 3.63) is 119 Å².